The minimum absolute atomic E-state index is 0.00265. The van der Waals surface area contributed by atoms with Crippen LogP contribution in [0, 0.1) is 0 Å². The standard InChI is InChI=1S/C24H27NO5/c1-3-13-30-18-10-12-19(21(15-18)24(28)29)23(27)20-11-9-17(14-22(20)26)25(2)16-7-5-4-6-8-16/h3,9-12,14-16,26H,1,4-8,13H2,2H3,(H,28,29). The maximum absolute atomic E-state index is 13.0. The number of aromatic hydroxyl groups is 1. The van der Waals surface area contributed by atoms with E-state index in [0.717, 1.165) is 18.5 Å². The third-order valence-electron chi connectivity index (χ3n) is 5.59. The maximum Gasteiger partial charge on any atom is 0.336 e. The van der Waals surface area contributed by atoms with Gasteiger partial charge in [-0.1, -0.05) is 31.9 Å². The Bertz CT molecular complexity index is 947. The van der Waals surface area contributed by atoms with E-state index >= 15 is 0 Å². The Morgan fingerprint density at radius 1 is 1.10 bits per heavy atom. The van der Waals surface area contributed by atoms with Crippen LogP contribution < -0.4 is 9.64 Å². The molecule has 2 N–H and O–H groups in total. The van der Waals surface area contributed by atoms with Crippen molar-refractivity contribution in [1.82, 2.24) is 0 Å². The van der Waals surface area contributed by atoms with E-state index in [2.05, 4.69) is 11.5 Å². The summed E-state index contributed by atoms with van der Waals surface area (Å²) in [7, 11) is 2.00. The molecule has 0 amide bonds. The molecule has 6 nitrogen and oxygen atoms in total. The van der Waals surface area contributed by atoms with Gasteiger partial charge in [0.2, 0.25) is 0 Å². The van der Waals surface area contributed by atoms with Crippen molar-refractivity contribution in [3.05, 3.63) is 65.7 Å². The summed E-state index contributed by atoms with van der Waals surface area (Å²) in [6.45, 7) is 3.78. The SMILES string of the molecule is C=CCOc1ccc(C(=O)c2ccc(N(C)C3CCCCC3)cc2O)c(C(=O)O)c1. The lowest BCUT2D eigenvalue weighted by Gasteiger charge is -2.33. The van der Waals surface area contributed by atoms with Crippen LogP contribution in [0.2, 0.25) is 0 Å². The Hall–Kier alpha value is -3.28. The minimum Gasteiger partial charge on any atom is -0.507 e. The van der Waals surface area contributed by atoms with Crippen LogP contribution in [-0.4, -0.2) is 41.7 Å². The van der Waals surface area contributed by atoms with Crippen LogP contribution in [0.4, 0.5) is 5.69 Å². The van der Waals surface area contributed by atoms with E-state index in [-0.39, 0.29) is 29.0 Å². The van der Waals surface area contributed by atoms with E-state index in [4.69, 9.17) is 4.74 Å². The number of hydrogen-bond acceptors (Lipinski definition) is 5. The summed E-state index contributed by atoms with van der Waals surface area (Å²) in [6.07, 6.45) is 7.42. The van der Waals surface area contributed by atoms with Gasteiger partial charge >= 0.3 is 5.97 Å². The molecule has 0 heterocycles. The zero-order chi connectivity index (χ0) is 21.7. The molecule has 0 aromatic heterocycles. The normalized spacial score (nSPS) is 14.2. The average molecular weight is 409 g/mol. The van der Waals surface area contributed by atoms with Crippen molar-refractivity contribution in [3.63, 3.8) is 0 Å². The molecule has 1 aliphatic carbocycles. The summed E-state index contributed by atoms with van der Waals surface area (Å²) in [5, 5.41) is 20.1. The molecule has 0 bridgehead atoms. The molecule has 0 spiro atoms. The Balaban J connectivity index is 1.87. The van der Waals surface area contributed by atoms with Crippen molar-refractivity contribution < 1.29 is 24.5 Å². The molecule has 0 saturated heterocycles. The van der Waals surface area contributed by atoms with E-state index < -0.39 is 11.8 Å². The van der Waals surface area contributed by atoms with Crippen LogP contribution in [0.1, 0.15) is 58.4 Å². The van der Waals surface area contributed by atoms with Crippen molar-refractivity contribution in [2.75, 3.05) is 18.6 Å². The molecule has 0 radical (unpaired) electrons. The van der Waals surface area contributed by atoms with Gasteiger partial charge in [0, 0.05) is 30.4 Å². The highest BCUT2D eigenvalue weighted by Gasteiger charge is 2.23. The molecular weight excluding hydrogens is 382 g/mol. The van der Waals surface area contributed by atoms with Crippen molar-refractivity contribution in [2.24, 2.45) is 0 Å². The molecule has 0 atom stereocenters. The van der Waals surface area contributed by atoms with Gasteiger partial charge in [-0.15, -0.1) is 0 Å². The number of anilines is 1. The highest BCUT2D eigenvalue weighted by molar-refractivity contribution is 6.15. The van der Waals surface area contributed by atoms with E-state index in [0.29, 0.717) is 11.8 Å². The molecule has 2 aromatic carbocycles. The summed E-state index contributed by atoms with van der Waals surface area (Å²) in [4.78, 5) is 26.8. The van der Waals surface area contributed by atoms with Gasteiger partial charge < -0.3 is 19.8 Å². The lowest BCUT2D eigenvalue weighted by molar-refractivity contribution is 0.0692. The highest BCUT2D eigenvalue weighted by atomic mass is 16.5. The number of phenols is 1. The van der Waals surface area contributed by atoms with Crippen LogP contribution >= 0.6 is 0 Å². The van der Waals surface area contributed by atoms with Crippen molar-refractivity contribution in [2.45, 2.75) is 38.1 Å². The monoisotopic (exact) mass is 409 g/mol. The number of carboxylic acids is 1. The van der Waals surface area contributed by atoms with Crippen molar-refractivity contribution >= 4 is 17.4 Å². The molecular formula is C24H27NO5. The average Bonchev–Trinajstić information content (AvgIpc) is 2.77. The molecule has 0 unspecified atom stereocenters. The van der Waals surface area contributed by atoms with Gasteiger partial charge in [0.1, 0.15) is 18.1 Å². The number of aromatic carboxylic acids is 1. The smallest absolute Gasteiger partial charge is 0.336 e. The summed E-state index contributed by atoms with van der Waals surface area (Å²) in [5.41, 5.74) is 0.724. The number of phenolic OH excluding ortho intramolecular Hbond substituents is 1. The fourth-order valence-corrected chi connectivity index (χ4v) is 3.90. The van der Waals surface area contributed by atoms with E-state index in [1.54, 1.807) is 24.3 Å². The number of ketones is 1. The van der Waals surface area contributed by atoms with Gasteiger partial charge in [-0.25, -0.2) is 4.79 Å². The summed E-state index contributed by atoms with van der Waals surface area (Å²) in [6, 6.07) is 9.59. The van der Waals surface area contributed by atoms with Gasteiger partial charge in [0.25, 0.3) is 0 Å². The van der Waals surface area contributed by atoms with E-state index in [1.807, 2.05) is 7.05 Å². The number of carbonyl (C=O) groups is 2. The van der Waals surface area contributed by atoms with Gasteiger partial charge in [-0.2, -0.15) is 0 Å². The number of ether oxygens (including phenoxy) is 1. The van der Waals surface area contributed by atoms with Crippen LogP contribution in [0.5, 0.6) is 11.5 Å². The zero-order valence-electron chi connectivity index (χ0n) is 17.1. The summed E-state index contributed by atoms with van der Waals surface area (Å²) in [5.74, 6) is -1.62. The number of hydrogen-bond donors (Lipinski definition) is 2. The quantitative estimate of drug-likeness (QED) is 0.487. The first-order valence-electron chi connectivity index (χ1n) is 10.1. The fourth-order valence-electron chi connectivity index (χ4n) is 3.90. The lowest BCUT2D eigenvalue weighted by Crippen LogP contribution is -2.33. The number of carboxylic acid groups (broad SMARTS) is 1. The minimum atomic E-state index is -1.24. The fraction of sp³-hybridized carbons (Fsp3) is 0.333. The van der Waals surface area contributed by atoms with E-state index in [9.17, 15) is 19.8 Å². The largest absolute Gasteiger partial charge is 0.507 e. The van der Waals surface area contributed by atoms with E-state index in [1.165, 1.54) is 37.5 Å². The van der Waals surface area contributed by atoms with Gasteiger partial charge in [0.15, 0.2) is 5.78 Å². The van der Waals surface area contributed by atoms with Crippen molar-refractivity contribution in [3.8, 4) is 11.5 Å². The molecule has 30 heavy (non-hydrogen) atoms. The first kappa shape index (κ1) is 21.4. The summed E-state index contributed by atoms with van der Waals surface area (Å²) < 4.78 is 5.36. The molecule has 1 saturated carbocycles. The predicted octanol–water partition coefficient (Wildman–Crippen LogP) is 4.66. The Morgan fingerprint density at radius 2 is 1.80 bits per heavy atom. The highest BCUT2D eigenvalue weighted by Crippen LogP contribution is 2.31. The number of benzene rings is 2. The van der Waals surface area contributed by atoms with Gasteiger partial charge in [-0.05, 0) is 43.2 Å². The molecule has 2 aromatic rings. The predicted molar refractivity (Wildman–Crippen MR) is 116 cm³/mol. The maximum atomic E-state index is 13.0. The van der Waals surface area contributed by atoms with Gasteiger partial charge in [-0.3, -0.25) is 4.79 Å². The topological polar surface area (TPSA) is 87.1 Å². The number of nitrogens with zero attached hydrogens (tertiary/aromatic N) is 1. The van der Waals surface area contributed by atoms with Crippen molar-refractivity contribution in [1.29, 1.82) is 0 Å². The van der Waals surface area contributed by atoms with Crippen LogP contribution in [0.25, 0.3) is 0 Å². The van der Waals surface area contributed by atoms with Gasteiger partial charge in [0.05, 0.1) is 11.1 Å². The molecule has 1 fully saturated rings. The Labute approximate surface area is 176 Å². The first-order valence-corrected chi connectivity index (χ1v) is 10.1. The second-order valence-electron chi connectivity index (χ2n) is 7.55. The molecule has 3 rings (SSSR count). The molecule has 6 heteroatoms. The third kappa shape index (κ3) is 4.64. The second kappa shape index (κ2) is 9.48. The van der Waals surface area contributed by atoms with Crippen LogP contribution in [0.3, 0.4) is 0 Å². The van der Waals surface area contributed by atoms with Crippen LogP contribution in [-0.2, 0) is 0 Å². The Kier molecular flexibility index (Phi) is 6.77. The molecule has 158 valence electrons. The lowest BCUT2D eigenvalue weighted by atomic mass is 9.93. The second-order valence-corrected chi connectivity index (χ2v) is 7.55. The molecule has 1 aliphatic rings. The summed E-state index contributed by atoms with van der Waals surface area (Å²) >= 11 is 0. The zero-order valence-corrected chi connectivity index (χ0v) is 17.1. The third-order valence-corrected chi connectivity index (χ3v) is 5.59. The first-order chi connectivity index (χ1) is 14.4. The number of rotatable bonds is 8. The number of carbonyl (C=O) groups excluding carboxylic acids is 1. The Morgan fingerprint density at radius 3 is 2.43 bits per heavy atom. The van der Waals surface area contributed by atoms with Crippen LogP contribution in [0.15, 0.2) is 49.1 Å². The molecule has 0 aliphatic heterocycles.